The van der Waals surface area contributed by atoms with Gasteiger partial charge in [-0.3, -0.25) is 9.32 Å². The van der Waals surface area contributed by atoms with Crippen LogP contribution >= 0.6 is 7.82 Å². The number of unbranched alkanes of at least 4 members (excludes halogenated alkanes) is 9. The van der Waals surface area contributed by atoms with Crippen molar-refractivity contribution in [3.63, 3.8) is 0 Å². The van der Waals surface area contributed by atoms with Crippen molar-refractivity contribution in [1.82, 2.24) is 0 Å². The van der Waals surface area contributed by atoms with Crippen molar-refractivity contribution in [1.29, 1.82) is 0 Å². The summed E-state index contributed by atoms with van der Waals surface area (Å²) in [6.07, 6.45) is 27.0. The lowest BCUT2D eigenvalue weighted by atomic mass is 10.1. The van der Waals surface area contributed by atoms with Gasteiger partial charge in [-0.2, -0.15) is 0 Å². The Labute approximate surface area is 200 Å². The van der Waals surface area contributed by atoms with Gasteiger partial charge in [0, 0.05) is 6.42 Å². The highest BCUT2D eigenvalue weighted by atomic mass is 31.2. The van der Waals surface area contributed by atoms with Crippen molar-refractivity contribution in [2.45, 2.75) is 103 Å². The molecule has 1 unspecified atom stereocenters. The zero-order valence-corrected chi connectivity index (χ0v) is 21.2. The van der Waals surface area contributed by atoms with Gasteiger partial charge in [-0.05, 0) is 38.5 Å². The van der Waals surface area contributed by atoms with Crippen LogP contribution in [0.1, 0.15) is 96.8 Å². The third-order valence-electron chi connectivity index (χ3n) is 4.90. The Morgan fingerprint density at radius 1 is 0.788 bits per heavy atom. The molecule has 0 bridgehead atoms. The quantitative estimate of drug-likeness (QED) is 0.0725. The normalized spacial score (nSPS) is 13.5. The van der Waals surface area contributed by atoms with E-state index in [-0.39, 0.29) is 13.0 Å². The standard InChI is InChI=1S/C25H45O7P/c1-2-3-4-5-6-7-8-9-10-11-12-13-14-15-16-17-18-19-20-21-25(27)31-22-24(26)23-32-33(28,29)30/h3-4,6-7,9-10,24,26H,2,5,8,11-23H2,1H3,(H2,28,29,30)/b4-3-,7-6-,10-9-. The monoisotopic (exact) mass is 488 g/mol. The highest BCUT2D eigenvalue weighted by Crippen LogP contribution is 2.35. The summed E-state index contributed by atoms with van der Waals surface area (Å²) in [5.41, 5.74) is 0. The average molecular weight is 489 g/mol. The summed E-state index contributed by atoms with van der Waals surface area (Å²) >= 11 is 0. The smallest absolute Gasteiger partial charge is 0.463 e. The molecule has 192 valence electrons. The molecular weight excluding hydrogens is 443 g/mol. The molecule has 0 aromatic carbocycles. The highest BCUT2D eigenvalue weighted by molar-refractivity contribution is 7.46. The molecule has 0 aliphatic carbocycles. The number of carbonyl (C=O) groups excluding carboxylic acids is 1. The number of allylic oxidation sites excluding steroid dienone is 6. The van der Waals surface area contributed by atoms with Crippen LogP contribution in [0.3, 0.4) is 0 Å². The molecule has 0 saturated carbocycles. The van der Waals surface area contributed by atoms with Gasteiger partial charge in [0.2, 0.25) is 0 Å². The van der Waals surface area contributed by atoms with Gasteiger partial charge < -0.3 is 19.6 Å². The fraction of sp³-hybridized carbons (Fsp3) is 0.720. The molecule has 0 rings (SSSR count). The van der Waals surface area contributed by atoms with Crippen LogP contribution in [0.5, 0.6) is 0 Å². The number of rotatable bonds is 22. The number of phosphoric acid groups is 1. The van der Waals surface area contributed by atoms with Crippen LogP contribution in [0.2, 0.25) is 0 Å². The van der Waals surface area contributed by atoms with Crippen LogP contribution in [0, 0.1) is 0 Å². The molecule has 7 nitrogen and oxygen atoms in total. The molecule has 3 N–H and O–H groups in total. The van der Waals surface area contributed by atoms with E-state index in [1.165, 1.54) is 38.5 Å². The first-order valence-electron chi connectivity index (χ1n) is 12.3. The van der Waals surface area contributed by atoms with Gasteiger partial charge in [-0.25, -0.2) is 4.57 Å². The topological polar surface area (TPSA) is 113 Å². The molecule has 0 amide bonds. The van der Waals surface area contributed by atoms with Crippen LogP contribution in [-0.4, -0.2) is 40.2 Å². The summed E-state index contributed by atoms with van der Waals surface area (Å²) in [4.78, 5) is 28.7. The van der Waals surface area contributed by atoms with E-state index in [9.17, 15) is 14.5 Å². The fourth-order valence-corrected chi connectivity index (χ4v) is 3.45. The molecule has 8 heteroatoms. The maximum Gasteiger partial charge on any atom is 0.469 e. The molecule has 0 aromatic rings. The van der Waals surface area contributed by atoms with E-state index < -0.39 is 26.5 Å². The summed E-state index contributed by atoms with van der Waals surface area (Å²) in [6.45, 7) is 1.24. The van der Waals surface area contributed by atoms with Crippen LogP contribution in [0.15, 0.2) is 36.5 Å². The van der Waals surface area contributed by atoms with E-state index >= 15 is 0 Å². The van der Waals surface area contributed by atoms with Crippen molar-refractivity contribution in [2.75, 3.05) is 13.2 Å². The number of ether oxygens (including phenoxy) is 1. The summed E-state index contributed by atoms with van der Waals surface area (Å²) < 4.78 is 19.5. The molecule has 0 aliphatic rings. The Bertz CT molecular complexity index is 596. The van der Waals surface area contributed by atoms with Crippen molar-refractivity contribution >= 4 is 13.8 Å². The van der Waals surface area contributed by atoms with Gasteiger partial charge >= 0.3 is 13.8 Å². The second-order valence-corrected chi connectivity index (χ2v) is 9.38. The molecule has 0 aliphatic heterocycles. The predicted octanol–water partition coefficient (Wildman–Crippen LogP) is 6.15. The SMILES string of the molecule is CC/C=C\C/C=C\C/C=C\CCCCCCCCCCCC(=O)OCC(O)COP(=O)(O)O. The average Bonchev–Trinajstić information content (AvgIpc) is 2.77. The van der Waals surface area contributed by atoms with Gasteiger partial charge in [-0.15, -0.1) is 0 Å². The van der Waals surface area contributed by atoms with Gasteiger partial charge in [-0.1, -0.05) is 88.3 Å². The van der Waals surface area contributed by atoms with E-state index in [2.05, 4.69) is 47.9 Å². The first kappa shape index (κ1) is 31.8. The van der Waals surface area contributed by atoms with Crippen molar-refractivity contribution in [3.05, 3.63) is 36.5 Å². The maximum atomic E-state index is 11.6. The lowest BCUT2D eigenvalue weighted by Crippen LogP contribution is -2.23. The second kappa shape index (κ2) is 22.5. The highest BCUT2D eigenvalue weighted by Gasteiger charge is 2.17. The van der Waals surface area contributed by atoms with Gasteiger partial charge in [0.25, 0.3) is 0 Å². The Hall–Kier alpha value is -1.24. The summed E-state index contributed by atoms with van der Waals surface area (Å²) in [6, 6.07) is 0. The van der Waals surface area contributed by atoms with Crippen LogP contribution < -0.4 is 0 Å². The number of esters is 1. The Morgan fingerprint density at radius 2 is 1.30 bits per heavy atom. The number of carbonyl (C=O) groups is 1. The summed E-state index contributed by atoms with van der Waals surface area (Å²) in [7, 11) is -4.62. The van der Waals surface area contributed by atoms with Gasteiger partial charge in [0.05, 0.1) is 6.61 Å². The van der Waals surface area contributed by atoms with E-state index in [0.717, 1.165) is 44.9 Å². The van der Waals surface area contributed by atoms with Gasteiger partial charge in [0.15, 0.2) is 0 Å². The van der Waals surface area contributed by atoms with Crippen molar-refractivity contribution in [3.8, 4) is 0 Å². The number of hydrogen-bond acceptors (Lipinski definition) is 5. The minimum Gasteiger partial charge on any atom is -0.463 e. The van der Waals surface area contributed by atoms with Crippen molar-refractivity contribution in [2.24, 2.45) is 0 Å². The van der Waals surface area contributed by atoms with E-state index in [0.29, 0.717) is 0 Å². The number of aliphatic hydroxyl groups is 1. The van der Waals surface area contributed by atoms with E-state index in [1.54, 1.807) is 0 Å². The molecule has 1 atom stereocenters. The summed E-state index contributed by atoms with van der Waals surface area (Å²) in [5, 5.41) is 9.44. The molecule has 33 heavy (non-hydrogen) atoms. The van der Waals surface area contributed by atoms with Gasteiger partial charge in [0.1, 0.15) is 12.7 Å². The Balaban J connectivity index is 3.37. The first-order chi connectivity index (χ1) is 15.8. The Morgan fingerprint density at radius 3 is 1.88 bits per heavy atom. The second-order valence-electron chi connectivity index (χ2n) is 8.14. The van der Waals surface area contributed by atoms with Crippen LogP contribution in [-0.2, 0) is 18.6 Å². The summed E-state index contributed by atoms with van der Waals surface area (Å²) in [5.74, 6) is -0.417. The van der Waals surface area contributed by atoms with E-state index in [4.69, 9.17) is 14.5 Å². The molecule has 0 aromatic heterocycles. The number of phosphoric ester groups is 1. The van der Waals surface area contributed by atoms with Crippen LogP contribution in [0.4, 0.5) is 0 Å². The fourth-order valence-electron chi connectivity index (χ4n) is 3.09. The third kappa shape index (κ3) is 26.9. The minimum atomic E-state index is -4.62. The number of aliphatic hydroxyl groups excluding tert-OH is 1. The third-order valence-corrected chi connectivity index (χ3v) is 5.39. The largest absolute Gasteiger partial charge is 0.469 e. The molecular formula is C25H45O7P. The zero-order valence-electron chi connectivity index (χ0n) is 20.3. The molecule has 0 saturated heterocycles. The molecule has 0 heterocycles. The van der Waals surface area contributed by atoms with Crippen LogP contribution in [0.25, 0.3) is 0 Å². The Kier molecular flexibility index (Phi) is 21.7. The minimum absolute atomic E-state index is 0.283. The lowest BCUT2D eigenvalue weighted by Gasteiger charge is -2.12. The molecule has 0 radical (unpaired) electrons. The number of hydrogen-bond donors (Lipinski definition) is 3. The molecule has 0 fully saturated rings. The predicted molar refractivity (Wildman–Crippen MR) is 133 cm³/mol. The zero-order chi connectivity index (χ0) is 24.6. The first-order valence-corrected chi connectivity index (χ1v) is 13.9. The van der Waals surface area contributed by atoms with Crippen molar-refractivity contribution < 1.29 is 33.5 Å². The maximum absolute atomic E-state index is 11.6. The molecule has 0 spiro atoms. The van der Waals surface area contributed by atoms with E-state index in [1.807, 2.05) is 0 Å². The lowest BCUT2D eigenvalue weighted by molar-refractivity contribution is -0.147.